The summed E-state index contributed by atoms with van der Waals surface area (Å²) in [5.41, 5.74) is 2.93. The van der Waals surface area contributed by atoms with Crippen LogP contribution in [0.4, 0.5) is 5.69 Å². The molecule has 1 aliphatic rings. The van der Waals surface area contributed by atoms with Gasteiger partial charge < -0.3 is 0 Å². The molecule has 0 saturated carbocycles. The second-order valence-corrected chi connectivity index (χ2v) is 8.31. The number of halogens is 1. The van der Waals surface area contributed by atoms with Crippen molar-refractivity contribution in [3.8, 4) is 5.69 Å². The number of benzene rings is 3. The van der Waals surface area contributed by atoms with E-state index in [9.17, 15) is 9.59 Å². The van der Waals surface area contributed by atoms with Crippen LogP contribution in [0, 0.1) is 6.92 Å². The number of rotatable bonds is 4. The Kier molecular flexibility index (Phi) is 5.51. The normalized spacial score (nSPS) is 14.7. The van der Waals surface area contributed by atoms with Crippen molar-refractivity contribution in [1.29, 1.82) is 0 Å². The van der Waals surface area contributed by atoms with Gasteiger partial charge in [-0.1, -0.05) is 78.3 Å². The molecule has 0 spiro atoms. The lowest BCUT2D eigenvalue weighted by atomic mass is 10.1. The van der Waals surface area contributed by atoms with Crippen LogP contribution in [0.25, 0.3) is 11.8 Å². The minimum atomic E-state index is -0.384. The Labute approximate surface area is 201 Å². The van der Waals surface area contributed by atoms with Crippen LogP contribution in [0.3, 0.4) is 0 Å². The Bertz CT molecular complexity index is 1520. The largest absolute Gasteiger partial charge is 0.296 e. The number of hydrogen-bond acceptors (Lipinski definition) is 3. The van der Waals surface area contributed by atoms with E-state index < -0.39 is 0 Å². The monoisotopic (exact) mass is 468 g/mol. The molecule has 1 aliphatic heterocycles. The summed E-state index contributed by atoms with van der Waals surface area (Å²) in [6.07, 6.45) is 1.65. The number of carbonyl (C=O) groups is 1. The van der Waals surface area contributed by atoms with Gasteiger partial charge in [-0.2, -0.15) is 0 Å². The maximum Gasteiger partial charge on any atom is 0.296 e. The molecule has 168 valence electrons. The molecule has 0 radical (unpaired) electrons. The first-order valence-electron chi connectivity index (χ1n) is 10.8. The standard InChI is InChI=1S/C27H21ClN4O2/c1-18-24(27(34)32(30(18)2)21-14-7-4-8-15-21)31-25(19-11-5-3-6-12-19)29-23(26(31)33)17-20-13-9-10-16-22(20)28/h3-17H,1-2H3. The number of aliphatic imine (C=N–C) groups is 1. The van der Waals surface area contributed by atoms with Crippen LogP contribution in [0.1, 0.15) is 16.8 Å². The maximum absolute atomic E-state index is 13.7. The fraction of sp³-hybridized carbons (Fsp3) is 0.0741. The van der Waals surface area contributed by atoms with Gasteiger partial charge in [0.2, 0.25) is 0 Å². The molecule has 34 heavy (non-hydrogen) atoms. The molecule has 5 rings (SSSR count). The van der Waals surface area contributed by atoms with Crippen LogP contribution in [0.15, 0.2) is 100 Å². The van der Waals surface area contributed by atoms with Crippen molar-refractivity contribution in [2.45, 2.75) is 6.92 Å². The van der Waals surface area contributed by atoms with E-state index in [0.717, 1.165) is 5.56 Å². The highest BCUT2D eigenvalue weighted by atomic mass is 35.5. The average Bonchev–Trinajstić information content (AvgIpc) is 3.28. The molecule has 0 fully saturated rings. The Morgan fingerprint density at radius 1 is 0.853 bits per heavy atom. The number of nitrogens with zero attached hydrogens (tertiary/aromatic N) is 4. The number of para-hydroxylation sites is 1. The number of hydrogen-bond donors (Lipinski definition) is 0. The van der Waals surface area contributed by atoms with Crippen LogP contribution in [-0.4, -0.2) is 21.1 Å². The first-order chi connectivity index (χ1) is 16.5. The predicted molar refractivity (Wildman–Crippen MR) is 136 cm³/mol. The van der Waals surface area contributed by atoms with E-state index in [0.29, 0.717) is 27.8 Å². The number of aromatic nitrogens is 2. The minimum Gasteiger partial charge on any atom is -0.283 e. The van der Waals surface area contributed by atoms with E-state index in [1.54, 1.807) is 28.6 Å². The summed E-state index contributed by atoms with van der Waals surface area (Å²) in [6, 6.07) is 25.9. The molecular weight excluding hydrogens is 448 g/mol. The van der Waals surface area contributed by atoms with Gasteiger partial charge in [-0.05, 0) is 36.8 Å². The van der Waals surface area contributed by atoms with Gasteiger partial charge in [-0.15, -0.1) is 0 Å². The molecule has 0 N–H and O–H groups in total. The van der Waals surface area contributed by atoms with Crippen LogP contribution in [0.5, 0.6) is 0 Å². The summed E-state index contributed by atoms with van der Waals surface area (Å²) in [4.78, 5) is 33.5. The van der Waals surface area contributed by atoms with Crippen molar-refractivity contribution in [1.82, 2.24) is 9.36 Å². The van der Waals surface area contributed by atoms with Crippen molar-refractivity contribution in [2.24, 2.45) is 12.0 Å². The van der Waals surface area contributed by atoms with Crippen LogP contribution < -0.4 is 10.5 Å². The SMILES string of the molecule is Cc1c(N2C(=O)C(=Cc3ccccc3Cl)N=C2c2ccccc2)c(=O)n(-c2ccccc2)n1C. The Balaban J connectivity index is 1.71. The van der Waals surface area contributed by atoms with Crippen molar-refractivity contribution in [2.75, 3.05) is 4.90 Å². The highest BCUT2D eigenvalue weighted by molar-refractivity contribution is 6.34. The van der Waals surface area contributed by atoms with Gasteiger partial charge in [0, 0.05) is 17.6 Å². The fourth-order valence-electron chi connectivity index (χ4n) is 4.06. The van der Waals surface area contributed by atoms with E-state index in [-0.39, 0.29) is 22.9 Å². The maximum atomic E-state index is 13.7. The lowest BCUT2D eigenvalue weighted by Gasteiger charge is -2.17. The molecule has 4 aromatic rings. The summed E-state index contributed by atoms with van der Waals surface area (Å²) in [5, 5.41) is 0.514. The summed E-state index contributed by atoms with van der Waals surface area (Å²) < 4.78 is 3.30. The minimum absolute atomic E-state index is 0.209. The number of amidine groups is 1. The molecule has 0 unspecified atom stereocenters. The van der Waals surface area contributed by atoms with Gasteiger partial charge >= 0.3 is 0 Å². The first kappa shape index (κ1) is 21.7. The highest BCUT2D eigenvalue weighted by Crippen LogP contribution is 2.30. The van der Waals surface area contributed by atoms with Gasteiger partial charge in [-0.3, -0.25) is 19.2 Å². The van der Waals surface area contributed by atoms with E-state index in [4.69, 9.17) is 11.6 Å². The zero-order chi connectivity index (χ0) is 23.8. The molecule has 0 atom stereocenters. The quantitative estimate of drug-likeness (QED) is 0.397. The van der Waals surface area contributed by atoms with Crippen LogP contribution >= 0.6 is 11.6 Å². The van der Waals surface area contributed by atoms with Crippen LogP contribution in [0.2, 0.25) is 5.02 Å². The lowest BCUT2D eigenvalue weighted by Crippen LogP contribution is -2.36. The summed E-state index contributed by atoms with van der Waals surface area (Å²) in [6.45, 7) is 1.82. The third-order valence-electron chi connectivity index (χ3n) is 5.84. The molecule has 0 bridgehead atoms. The number of carbonyl (C=O) groups excluding carboxylic acids is 1. The number of anilines is 1. The summed E-state index contributed by atoms with van der Waals surface area (Å²) in [7, 11) is 1.80. The summed E-state index contributed by atoms with van der Waals surface area (Å²) >= 11 is 6.32. The fourth-order valence-corrected chi connectivity index (χ4v) is 4.25. The van der Waals surface area contributed by atoms with Crippen molar-refractivity contribution < 1.29 is 4.79 Å². The molecule has 1 amide bonds. The van der Waals surface area contributed by atoms with Gasteiger partial charge in [-0.25, -0.2) is 9.67 Å². The van der Waals surface area contributed by atoms with Gasteiger partial charge in [0.25, 0.3) is 11.5 Å². The lowest BCUT2D eigenvalue weighted by molar-refractivity contribution is -0.113. The van der Waals surface area contributed by atoms with Gasteiger partial charge in [0.05, 0.1) is 11.4 Å². The van der Waals surface area contributed by atoms with E-state index in [2.05, 4.69) is 4.99 Å². The highest BCUT2D eigenvalue weighted by Gasteiger charge is 2.37. The molecule has 1 aromatic heterocycles. The smallest absolute Gasteiger partial charge is 0.283 e. The Morgan fingerprint density at radius 2 is 1.47 bits per heavy atom. The van der Waals surface area contributed by atoms with E-state index >= 15 is 0 Å². The topological polar surface area (TPSA) is 59.6 Å². The summed E-state index contributed by atoms with van der Waals surface area (Å²) in [5.74, 6) is 0.0136. The molecular formula is C27H21ClN4O2. The zero-order valence-electron chi connectivity index (χ0n) is 18.6. The second kappa shape index (κ2) is 8.65. The Morgan fingerprint density at radius 3 is 2.15 bits per heavy atom. The average molecular weight is 469 g/mol. The van der Waals surface area contributed by atoms with E-state index in [1.807, 2.05) is 85.8 Å². The van der Waals surface area contributed by atoms with Crippen molar-refractivity contribution in [3.05, 3.63) is 123 Å². The first-order valence-corrected chi connectivity index (χ1v) is 11.1. The van der Waals surface area contributed by atoms with E-state index in [1.165, 1.54) is 4.90 Å². The molecule has 2 heterocycles. The molecule has 0 aliphatic carbocycles. The van der Waals surface area contributed by atoms with Crippen molar-refractivity contribution in [3.63, 3.8) is 0 Å². The van der Waals surface area contributed by atoms with Crippen molar-refractivity contribution >= 4 is 35.1 Å². The third-order valence-corrected chi connectivity index (χ3v) is 6.18. The van der Waals surface area contributed by atoms with Gasteiger partial charge in [0.15, 0.2) is 0 Å². The second-order valence-electron chi connectivity index (χ2n) is 7.90. The number of amides is 1. The molecule has 6 nitrogen and oxygen atoms in total. The molecule has 3 aromatic carbocycles. The Hall–Kier alpha value is -4.16. The zero-order valence-corrected chi connectivity index (χ0v) is 19.4. The van der Waals surface area contributed by atoms with Crippen LogP contribution in [-0.2, 0) is 11.8 Å². The van der Waals surface area contributed by atoms with Gasteiger partial charge in [0.1, 0.15) is 17.2 Å². The third kappa shape index (κ3) is 3.58. The molecule has 0 saturated heterocycles. The predicted octanol–water partition coefficient (Wildman–Crippen LogP) is 4.97. The molecule has 7 heteroatoms.